The van der Waals surface area contributed by atoms with E-state index >= 15 is 0 Å². The highest BCUT2D eigenvalue weighted by Gasteiger charge is 2.25. The summed E-state index contributed by atoms with van der Waals surface area (Å²) in [6.45, 7) is 0.774. The number of aromatic nitrogens is 2. The lowest BCUT2D eigenvalue weighted by atomic mass is 9.87. The van der Waals surface area contributed by atoms with Gasteiger partial charge in [-0.1, -0.05) is 11.6 Å². The van der Waals surface area contributed by atoms with Crippen molar-refractivity contribution >= 4 is 5.91 Å². The second-order valence-corrected chi connectivity index (χ2v) is 5.10. The Morgan fingerprint density at radius 2 is 2.40 bits per heavy atom. The standard InChI is InChI=1S/C13H21N3O4/c1-19-8-11-15-12(20-16-11)5-6-14-13(18)9-3-2-4-10(17)7-9/h9-10,17H,2-8H2,1H3,(H,14,18)/t9-,10+/m0/s1. The molecule has 1 amide bonds. The Morgan fingerprint density at radius 1 is 1.55 bits per heavy atom. The predicted octanol–water partition coefficient (Wildman–Crippen LogP) is 0.426. The van der Waals surface area contributed by atoms with Crippen LogP contribution in [-0.2, 0) is 22.6 Å². The van der Waals surface area contributed by atoms with Gasteiger partial charge >= 0.3 is 0 Å². The van der Waals surface area contributed by atoms with Crippen LogP contribution in [0, 0.1) is 5.92 Å². The Hall–Kier alpha value is -1.47. The van der Waals surface area contributed by atoms with Crippen LogP contribution in [0.15, 0.2) is 4.52 Å². The van der Waals surface area contributed by atoms with Crippen molar-refractivity contribution < 1.29 is 19.2 Å². The zero-order valence-corrected chi connectivity index (χ0v) is 11.7. The van der Waals surface area contributed by atoms with Gasteiger partial charge in [-0.25, -0.2) is 0 Å². The van der Waals surface area contributed by atoms with Gasteiger partial charge in [0.05, 0.1) is 6.10 Å². The summed E-state index contributed by atoms with van der Waals surface area (Å²) < 4.78 is 9.92. The molecule has 112 valence electrons. The van der Waals surface area contributed by atoms with Crippen molar-refractivity contribution in [1.82, 2.24) is 15.5 Å². The fraction of sp³-hybridized carbons (Fsp3) is 0.769. The molecule has 0 unspecified atom stereocenters. The van der Waals surface area contributed by atoms with Gasteiger partial charge in [-0.2, -0.15) is 4.98 Å². The van der Waals surface area contributed by atoms with E-state index in [1.807, 2.05) is 0 Å². The Bertz CT molecular complexity index is 435. The van der Waals surface area contributed by atoms with E-state index in [1.54, 1.807) is 7.11 Å². The average Bonchev–Trinajstić information content (AvgIpc) is 2.87. The number of amides is 1. The van der Waals surface area contributed by atoms with Gasteiger partial charge in [-0.05, 0) is 19.3 Å². The number of nitrogens with zero attached hydrogens (tertiary/aromatic N) is 2. The zero-order valence-electron chi connectivity index (χ0n) is 11.7. The molecule has 0 aromatic carbocycles. The quantitative estimate of drug-likeness (QED) is 0.785. The van der Waals surface area contributed by atoms with Crippen LogP contribution in [0.1, 0.15) is 37.4 Å². The molecule has 7 nitrogen and oxygen atoms in total. The monoisotopic (exact) mass is 283 g/mol. The molecule has 1 aliphatic rings. The van der Waals surface area contributed by atoms with E-state index < -0.39 is 0 Å². The number of rotatable bonds is 6. The number of aliphatic hydroxyl groups excluding tert-OH is 1. The molecule has 0 radical (unpaired) electrons. The second kappa shape index (κ2) is 7.35. The van der Waals surface area contributed by atoms with Gasteiger partial charge in [0.2, 0.25) is 11.8 Å². The summed E-state index contributed by atoms with van der Waals surface area (Å²) in [5, 5.41) is 16.2. The van der Waals surface area contributed by atoms with Gasteiger partial charge in [0.15, 0.2) is 5.82 Å². The van der Waals surface area contributed by atoms with Crippen molar-refractivity contribution in [2.45, 2.75) is 44.8 Å². The number of hydrogen-bond donors (Lipinski definition) is 2. The lowest BCUT2D eigenvalue weighted by Crippen LogP contribution is -2.36. The summed E-state index contributed by atoms with van der Waals surface area (Å²) in [5.74, 6) is 0.913. The first-order chi connectivity index (χ1) is 9.69. The molecule has 1 fully saturated rings. The summed E-state index contributed by atoms with van der Waals surface area (Å²) in [6, 6.07) is 0. The largest absolute Gasteiger partial charge is 0.393 e. The normalized spacial score (nSPS) is 22.7. The highest BCUT2D eigenvalue weighted by molar-refractivity contribution is 5.78. The number of aliphatic hydroxyl groups is 1. The molecule has 2 N–H and O–H groups in total. The first-order valence-electron chi connectivity index (χ1n) is 6.95. The van der Waals surface area contributed by atoms with Crippen LogP contribution in [0.2, 0.25) is 0 Å². The lowest BCUT2D eigenvalue weighted by Gasteiger charge is -2.24. The van der Waals surface area contributed by atoms with Crippen LogP contribution in [0.5, 0.6) is 0 Å². The van der Waals surface area contributed by atoms with Gasteiger partial charge in [0, 0.05) is 26.0 Å². The van der Waals surface area contributed by atoms with Crippen molar-refractivity contribution in [2.75, 3.05) is 13.7 Å². The number of nitrogens with one attached hydrogen (secondary N) is 1. The fourth-order valence-corrected chi connectivity index (χ4v) is 2.42. The van der Waals surface area contributed by atoms with Gasteiger partial charge < -0.3 is 19.7 Å². The van der Waals surface area contributed by atoms with Crippen molar-refractivity contribution in [2.24, 2.45) is 5.92 Å². The van der Waals surface area contributed by atoms with Crippen LogP contribution in [0.4, 0.5) is 0 Å². The van der Waals surface area contributed by atoms with Crippen molar-refractivity contribution in [1.29, 1.82) is 0 Å². The second-order valence-electron chi connectivity index (χ2n) is 5.10. The third-order valence-electron chi connectivity index (χ3n) is 3.44. The number of carbonyl (C=O) groups is 1. The average molecular weight is 283 g/mol. The van der Waals surface area contributed by atoms with Gasteiger partial charge in [0.25, 0.3) is 0 Å². The molecule has 1 aliphatic carbocycles. The minimum atomic E-state index is -0.341. The summed E-state index contributed by atoms with van der Waals surface area (Å²) in [7, 11) is 1.56. The summed E-state index contributed by atoms with van der Waals surface area (Å²) in [5.41, 5.74) is 0. The van der Waals surface area contributed by atoms with Crippen molar-refractivity contribution in [3.05, 3.63) is 11.7 Å². The van der Waals surface area contributed by atoms with E-state index in [0.29, 0.717) is 37.7 Å². The molecule has 2 rings (SSSR count). The first kappa shape index (κ1) is 14.9. The summed E-state index contributed by atoms with van der Waals surface area (Å²) in [6.07, 6.45) is 3.27. The smallest absolute Gasteiger partial charge is 0.228 e. The Morgan fingerprint density at radius 3 is 3.15 bits per heavy atom. The Balaban J connectivity index is 1.70. The van der Waals surface area contributed by atoms with Crippen LogP contribution in [-0.4, -0.2) is 40.9 Å². The lowest BCUT2D eigenvalue weighted by molar-refractivity contribution is -0.127. The molecule has 7 heteroatoms. The summed E-state index contributed by atoms with van der Waals surface area (Å²) >= 11 is 0. The third-order valence-corrected chi connectivity index (χ3v) is 3.44. The topological polar surface area (TPSA) is 97.5 Å². The molecule has 0 aliphatic heterocycles. The first-order valence-corrected chi connectivity index (χ1v) is 6.95. The number of carbonyl (C=O) groups excluding carboxylic acids is 1. The third kappa shape index (κ3) is 4.28. The molecule has 1 aromatic rings. The van der Waals surface area contributed by atoms with E-state index in [2.05, 4.69) is 15.5 Å². The highest BCUT2D eigenvalue weighted by Crippen LogP contribution is 2.24. The maximum atomic E-state index is 11.9. The van der Waals surface area contributed by atoms with Crippen molar-refractivity contribution in [3.8, 4) is 0 Å². The van der Waals surface area contributed by atoms with Gasteiger partial charge in [-0.3, -0.25) is 4.79 Å². The van der Waals surface area contributed by atoms with E-state index in [4.69, 9.17) is 9.26 Å². The van der Waals surface area contributed by atoms with Crippen LogP contribution in [0.3, 0.4) is 0 Å². The molecule has 1 aromatic heterocycles. The maximum absolute atomic E-state index is 11.9. The van der Waals surface area contributed by atoms with E-state index in [-0.39, 0.29) is 17.9 Å². The van der Waals surface area contributed by atoms with Crippen LogP contribution in [0.25, 0.3) is 0 Å². The van der Waals surface area contributed by atoms with Crippen LogP contribution >= 0.6 is 0 Å². The molecular weight excluding hydrogens is 262 g/mol. The number of ether oxygens (including phenoxy) is 1. The van der Waals surface area contributed by atoms with E-state index in [9.17, 15) is 9.90 Å². The fourth-order valence-electron chi connectivity index (χ4n) is 2.42. The number of methoxy groups -OCH3 is 1. The molecular formula is C13H21N3O4. The zero-order chi connectivity index (χ0) is 14.4. The molecule has 1 saturated carbocycles. The number of hydrogen-bond acceptors (Lipinski definition) is 6. The SMILES string of the molecule is COCc1noc(CCNC(=O)[C@H]2CCC[C@@H](O)C2)n1. The Labute approximate surface area is 117 Å². The highest BCUT2D eigenvalue weighted by atomic mass is 16.5. The molecule has 1 heterocycles. The van der Waals surface area contributed by atoms with Crippen LogP contribution < -0.4 is 5.32 Å². The molecule has 20 heavy (non-hydrogen) atoms. The molecule has 0 bridgehead atoms. The molecule has 0 saturated heterocycles. The van der Waals surface area contributed by atoms with Gasteiger partial charge in [0.1, 0.15) is 6.61 Å². The minimum Gasteiger partial charge on any atom is -0.393 e. The predicted molar refractivity (Wildman–Crippen MR) is 69.7 cm³/mol. The van der Waals surface area contributed by atoms with E-state index in [0.717, 1.165) is 19.3 Å². The Kier molecular flexibility index (Phi) is 5.49. The molecule has 2 atom stereocenters. The minimum absolute atomic E-state index is 0.000352. The van der Waals surface area contributed by atoms with E-state index in [1.165, 1.54) is 0 Å². The molecule has 0 spiro atoms. The summed E-state index contributed by atoms with van der Waals surface area (Å²) in [4.78, 5) is 16.1. The van der Waals surface area contributed by atoms with Gasteiger partial charge in [-0.15, -0.1) is 0 Å². The van der Waals surface area contributed by atoms with Crippen molar-refractivity contribution in [3.63, 3.8) is 0 Å². The maximum Gasteiger partial charge on any atom is 0.228 e.